The number of pyridine rings is 1. The van der Waals surface area contributed by atoms with Gasteiger partial charge in [0.15, 0.2) is 0 Å². The van der Waals surface area contributed by atoms with Gasteiger partial charge in [-0.1, -0.05) is 19.9 Å². The summed E-state index contributed by atoms with van der Waals surface area (Å²) >= 11 is 0. The Morgan fingerprint density at radius 3 is 2.74 bits per heavy atom. The lowest BCUT2D eigenvalue weighted by molar-refractivity contribution is -0.158. The SMILES string of the molecule is CCOC(=O)C(CN)(CCc1cccnc1)C(C)C. The summed E-state index contributed by atoms with van der Waals surface area (Å²) < 4.78 is 5.21. The molecule has 0 aromatic carbocycles. The first-order valence-electron chi connectivity index (χ1n) is 6.83. The van der Waals surface area contributed by atoms with Gasteiger partial charge in [0.25, 0.3) is 0 Å². The normalized spacial score (nSPS) is 14.2. The molecule has 0 aliphatic carbocycles. The number of aryl methyl sites for hydroxylation is 1. The van der Waals surface area contributed by atoms with Crippen molar-refractivity contribution in [3.63, 3.8) is 0 Å². The zero-order valence-corrected chi connectivity index (χ0v) is 12.1. The van der Waals surface area contributed by atoms with Gasteiger partial charge < -0.3 is 10.5 Å². The van der Waals surface area contributed by atoms with Crippen molar-refractivity contribution in [2.45, 2.75) is 33.6 Å². The molecule has 4 nitrogen and oxygen atoms in total. The van der Waals surface area contributed by atoms with E-state index >= 15 is 0 Å². The second-order valence-electron chi connectivity index (χ2n) is 5.10. The molecule has 1 unspecified atom stereocenters. The van der Waals surface area contributed by atoms with E-state index in [1.807, 2.05) is 39.1 Å². The van der Waals surface area contributed by atoms with Gasteiger partial charge in [-0.15, -0.1) is 0 Å². The van der Waals surface area contributed by atoms with E-state index in [-0.39, 0.29) is 11.9 Å². The lowest BCUT2D eigenvalue weighted by Crippen LogP contribution is -2.44. The van der Waals surface area contributed by atoms with Crippen molar-refractivity contribution in [2.75, 3.05) is 13.2 Å². The summed E-state index contributed by atoms with van der Waals surface area (Å²) in [5.41, 5.74) is 6.40. The number of carbonyl (C=O) groups excluding carboxylic acids is 1. The minimum Gasteiger partial charge on any atom is -0.466 e. The summed E-state index contributed by atoms with van der Waals surface area (Å²) in [6, 6.07) is 3.92. The monoisotopic (exact) mass is 264 g/mol. The zero-order chi connectivity index (χ0) is 14.3. The molecule has 0 amide bonds. The van der Waals surface area contributed by atoms with Crippen LogP contribution in [0, 0.1) is 11.3 Å². The van der Waals surface area contributed by atoms with Gasteiger partial charge in [0.2, 0.25) is 0 Å². The number of carbonyl (C=O) groups is 1. The maximum absolute atomic E-state index is 12.2. The van der Waals surface area contributed by atoms with Gasteiger partial charge in [-0.25, -0.2) is 0 Å². The maximum atomic E-state index is 12.2. The number of hydrogen-bond donors (Lipinski definition) is 1. The van der Waals surface area contributed by atoms with Crippen molar-refractivity contribution in [1.82, 2.24) is 4.98 Å². The van der Waals surface area contributed by atoms with E-state index in [1.54, 1.807) is 6.20 Å². The molecule has 1 atom stereocenters. The average molecular weight is 264 g/mol. The van der Waals surface area contributed by atoms with Gasteiger partial charge in [0, 0.05) is 18.9 Å². The van der Waals surface area contributed by atoms with E-state index in [0.29, 0.717) is 19.6 Å². The van der Waals surface area contributed by atoms with Gasteiger partial charge in [-0.05, 0) is 37.3 Å². The topological polar surface area (TPSA) is 65.2 Å². The lowest BCUT2D eigenvalue weighted by Gasteiger charge is -2.34. The maximum Gasteiger partial charge on any atom is 0.313 e. The first-order valence-corrected chi connectivity index (χ1v) is 6.83. The minimum atomic E-state index is -0.605. The molecule has 19 heavy (non-hydrogen) atoms. The largest absolute Gasteiger partial charge is 0.466 e. The van der Waals surface area contributed by atoms with Crippen LogP contribution in [0.5, 0.6) is 0 Å². The van der Waals surface area contributed by atoms with Crippen molar-refractivity contribution in [3.8, 4) is 0 Å². The number of nitrogens with two attached hydrogens (primary N) is 1. The number of esters is 1. The Labute approximate surface area is 115 Å². The van der Waals surface area contributed by atoms with Crippen LogP contribution in [0.4, 0.5) is 0 Å². The number of ether oxygens (including phenoxy) is 1. The standard InChI is InChI=1S/C15H24N2O2/c1-4-19-14(18)15(11-16,12(2)3)8-7-13-6-5-9-17-10-13/h5-6,9-10,12H,4,7-8,11,16H2,1-3H3. The van der Waals surface area contributed by atoms with Gasteiger partial charge in [0.1, 0.15) is 0 Å². The molecule has 0 saturated carbocycles. The van der Waals surface area contributed by atoms with E-state index in [1.165, 1.54) is 0 Å². The summed E-state index contributed by atoms with van der Waals surface area (Å²) in [5.74, 6) is -0.0374. The molecule has 1 aromatic rings. The number of hydrogen-bond acceptors (Lipinski definition) is 4. The third-order valence-corrected chi connectivity index (χ3v) is 3.73. The van der Waals surface area contributed by atoms with Crippen molar-refractivity contribution in [3.05, 3.63) is 30.1 Å². The molecule has 1 heterocycles. The van der Waals surface area contributed by atoms with E-state index < -0.39 is 5.41 Å². The van der Waals surface area contributed by atoms with Crippen LogP contribution in [0.25, 0.3) is 0 Å². The molecular weight excluding hydrogens is 240 g/mol. The summed E-state index contributed by atoms with van der Waals surface area (Å²) in [7, 11) is 0. The molecular formula is C15H24N2O2. The van der Waals surface area contributed by atoms with Crippen molar-refractivity contribution in [2.24, 2.45) is 17.1 Å². The van der Waals surface area contributed by atoms with Gasteiger partial charge in [-0.3, -0.25) is 9.78 Å². The molecule has 0 spiro atoms. The Bertz CT molecular complexity index is 392. The van der Waals surface area contributed by atoms with Crippen LogP contribution in [0.15, 0.2) is 24.5 Å². The number of nitrogens with zero attached hydrogens (tertiary/aromatic N) is 1. The van der Waals surface area contributed by atoms with Crippen LogP contribution >= 0.6 is 0 Å². The van der Waals surface area contributed by atoms with Crippen molar-refractivity contribution >= 4 is 5.97 Å². The highest BCUT2D eigenvalue weighted by Gasteiger charge is 2.41. The summed E-state index contributed by atoms with van der Waals surface area (Å²) in [5, 5.41) is 0. The molecule has 0 radical (unpaired) electrons. The van der Waals surface area contributed by atoms with Crippen LogP contribution in [-0.2, 0) is 16.0 Å². The molecule has 0 bridgehead atoms. The Balaban J connectivity index is 2.82. The fourth-order valence-electron chi connectivity index (χ4n) is 2.24. The summed E-state index contributed by atoms with van der Waals surface area (Å²) in [6.07, 6.45) is 5.04. The van der Waals surface area contributed by atoms with E-state index in [2.05, 4.69) is 4.98 Å². The molecule has 2 N–H and O–H groups in total. The smallest absolute Gasteiger partial charge is 0.313 e. The summed E-state index contributed by atoms with van der Waals surface area (Å²) in [6.45, 7) is 6.56. The summed E-state index contributed by atoms with van der Waals surface area (Å²) in [4.78, 5) is 16.3. The third kappa shape index (κ3) is 3.77. The molecule has 4 heteroatoms. The van der Waals surface area contributed by atoms with E-state index in [9.17, 15) is 4.79 Å². The van der Waals surface area contributed by atoms with Crippen LogP contribution in [0.1, 0.15) is 32.8 Å². The second-order valence-corrected chi connectivity index (χ2v) is 5.10. The molecule has 1 rings (SSSR count). The highest BCUT2D eigenvalue weighted by molar-refractivity contribution is 5.77. The average Bonchev–Trinajstić information content (AvgIpc) is 2.41. The Hall–Kier alpha value is -1.42. The van der Waals surface area contributed by atoms with Crippen molar-refractivity contribution < 1.29 is 9.53 Å². The van der Waals surface area contributed by atoms with Gasteiger partial charge in [0.05, 0.1) is 12.0 Å². The highest BCUT2D eigenvalue weighted by Crippen LogP contribution is 2.33. The van der Waals surface area contributed by atoms with E-state index in [0.717, 1.165) is 12.0 Å². The Kier molecular flexibility index (Phi) is 5.96. The zero-order valence-electron chi connectivity index (χ0n) is 12.1. The quantitative estimate of drug-likeness (QED) is 0.767. The van der Waals surface area contributed by atoms with Crippen LogP contribution in [0.2, 0.25) is 0 Å². The van der Waals surface area contributed by atoms with Gasteiger partial charge in [-0.2, -0.15) is 0 Å². The molecule has 0 aliphatic rings. The number of rotatable bonds is 7. The van der Waals surface area contributed by atoms with Crippen LogP contribution in [0.3, 0.4) is 0 Å². The molecule has 0 fully saturated rings. The first kappa shape index (κ1) is 15.6. The molecule has 1 aromatic heterocycles. The van der Waals surface area contributed by atoms with Crippen LogP contribution in [-0.4, -0.2) is 24.1 Å². The molecule has 106 valence electrons. The van der Waals surface area contributed by atoms with E-state index in [4.69, 9.17) is 10.5 Å². The Morgan fingerprint density at radius 2 is 2.26 bits per heavy atom. The van der Waals surface area contributed by atoms with Crippen molar-refractivity contribution in [1.29, 1.82) is 0 Å². The Morgan fingerprint density at radius 1 is 1.53 bits per heavy atom. The fourth-order valence-corrected chi connectivity index (χ4v) is 2.24. The molecule has 0 aliphatic heterocycles. The first-order chi connectivity index (χ1) is 9.06. The van der Waals surface area contributed by atoms with Gasteiger partial charge >= 0.3 is 5.97 Å². The van der Waals surface area contributed by atoms with Crippen LogP contribution < -0.4 is 5.73 Å². The predicted octanol–water partition coefficient (Wildman–Crippen LogP) is 2.18. The lowest BCUT2D eigenvalue weighted by atomic mass is 9.73. The highest BCUT2D eigenvalue weighted by atomic mass is 16.5. The number of aromatic nitrogens is 1. The molecule has 0 saturated heterocycles. The fraction of sp³-hybridized carbons (Fsp3) is 0.600. The third-order valence-electron chi connectivity index (χ3n) is 3.73. The minimum absolute atomic E-state index is 0.147. The predicted molar refractivity (Wildman–Crippen MR) is 75.5 cm³/mol. The second kappa shape index (κ2) is 7.24.